The highest BCUT2D eigenvalue weighted by Gasteiger charge is 2.42. The first-order valence-electron chi connectivity index (χ1n) is 5.18. The minimum absolute atomic E-state index is 0.0558. The summed E-state index contributed by atoms with van der Waals surface area (Å²) in [6.45, 7) is 3.74. The monoisotopic (exact) mass is 225 g/mol. The number of halogens is 2. The van der Waals surface area contributed by atoms with Crippen LogP contribution in [0.15, 0.2) is 18.2 Å². The van der Waals surface area contributed by atoms with E-state index in [4.69, 9.17) is 0 Å². The molecule has 86 valence electrons. The molecule has 1 heterocycles. The highest BCUT2D eigenvalue weighted by Crippen LogP contribution is 2.35. The predicted molar refractivity (Wildman–Crippen MR) is 55.9 cm³/mol. The molecule has 0 radical (unpaired) electrons. The molecule has 0 aromatic heterocycles. The van der Waals surface area contributed by atoms with E-state index in [2.05, 4.69) is 5.32 Å². The van der Waals surface area contributed by atoms with Crippen LogP contribution in [0.5, 0.6) is 0 Å². The minimum atomic E-state index is -0.870. The SMILES string of the molecule is CC1NC(=O)CC1(C)c1ccc(F)c(F)c1. The summed E-state index contributed by atoms with van der Waals surface area (Å²) in [5.74, 6) is -1.79. The second-order valence-electron chi connectivity index (χ2n) is 4.51. The van der Waals surface area contributed by atoms with Gasteiger partial charge in [0.25, 0.3) is 0 Å². The number of nitrogens with one attached hydrogen (secondary N) is 1. The molecule has 1 aliphatic rings. The van der Waals surface area contributed by atoms with Gasteiger partial charge in [-0.05, 0) is 24.6 Å². The lowest BCUT2D eigenvalue weighted by molar-refractivity contribution is -0.119. The molecule has 2 nitrogen and oxygen atoms in total. The second-order valence-corrected chi connectivity index (χ2v) is 4.51. The highest BCUT2D eigenvalue weighted by atomic mass is 19.2. The lowest BCUT2D eigenvalue weighted by Gasteiger charge is -2.28. The normalized spacial score (nSPS) is 29.2. The van der Waals surface area contributed by atoms with E-state index in [1.54, 1.807) is 0 Å². The molecule has 1 aromatic rings. The number of carbonyl (C=O) groups is 1. The summed E-state index contributed by atoms with van der Waals surface area (Å²) in [6, 6.07) is 3.73. The molecule has 4 heteroatoms. The molecule has 0 saturated carbocycles. The zero-order valence-corrected chi connectivity index (χ0v) is 9.18. The summed E-state index contributed by atoms with van der Waals surface area (Å²) in [6.07, 6.45) is 0.305. The maximum atomic E-state index is 13.1. The van der Waals surface area contributed by atoms with Crippen LogP contribution in [0.3, 0.4) is 0 Å². The fraction of sp³-hybridized carbons (Fsp3) is 0.417. The van der Waals surface area contributed by atoms with Gasteiger partial charge < -0.3 is 5.32 Å². The van der Waals surface area contributed by atoms with Crippen LogP contribution >= 0.6 is 0 Å². The van der Waals surface area contributed by atoms with Gasteiger partial charge in [0.1, 0.15) is 0 Å². The average molecular weight is 225 g/mol. The van der Waals surface area contributed by atoms with Gasteiger partial charge >= 0.3 is 0 Å². The Labute approximate surface area is 92.7 Å². The Morgan fingerprint density at radius 2 is 2.06 bits per heavy atom. The largest absolute Gasteiger partial charge is 0.353 e. The Bertz CT molecular complexity index is 447. The van der Waals surface area contributed by atoms with Crippen molar-refractivity contribution in [2.45, 2.75) is 31.7 Å². The summed E-state index contributed by atoms with van der Waals surface area (Å²) >= 11 is 0. The molecule has 2 atom stereocenters. The Balaban J connectivity index is 2.43. The van der Waals surface area contributed by atoms with Crippen LogP contribution < -0.4 is 5.32 Å². The zero-order chi connectivity index (χ0) is 11.9. The van der Waals surface area contributed by atoms with E-state index in [0.717, 1.165) is 6.07 Å². The molecule has 1 amide bonds. The molecule has 0 bridgehead atoms. The zero-order valence-electron chi connectivity index (χ0n) is 9.18. The van der Waals surface area contributed by atoms with Crippen molar-refractivity contribution in [1.82, 2.24) is 5.32 Å². The molecule has 1 aromatic carbocycles. The fourth-order valence-corrected chi connectivity index (χ4v) is 2.14. The summed E-state index contributed by atoms with van der Waals surface area (Å²) in [5, 5.41) is 2.78. The van der Waals surface area contributed by atoms with E-state index in [9.17, 15) is 13.6 Å². The van der Waals surface area contributed by atoms with Crippen LogP contribution in [0, 0.1) is 11.6 Å². The van der Waals surface area contributed by atoms with Gasteiger partial charge in [-0.15, -0.1) is 0 Å². The first-order chi connectivity index (χ1) is 7.43. The number of amides is 1. The maximum Gasteiger partial charge on any atom is 0.221 e. The van der Waals surface area contributed by atoms with E-state index >= 15 is 0 Å². The van der Waals surface area contributed by atoms with Crippen LogP contribution in [-0.2, 0) is 10.2 Å². The van der Waals surface area contributed by atoms with E-state index in [0.29, 0.717) is 12.0 Å². The number of carbonyl (C=O) groups excluding carboxylic acids is 1. The van der Waals surface area contributed by atoms with E-state index in [1.165, 1.54) is 12.1 Å². The van der Waals surface area contributed by atoms with Gasteiger partial charge in [-0.3, -0.25) is 4.79 Å². The van der Waals surface area contributed by atoms with Gasteiger partial charge in [-0.2, -0.15) is 0 Å². The van der Waals surface area contributed by atoms with E-state index in [1.807, 2.05) is 13.8 Å². The van der Waals surface area contributed by atoms with Gasteiger partial charge in [-0.1, -0.05) is 13.0 Å². The van der Waals surface area contributed by atoms with Crippen LogP contribution in [0.4, 0.5) is 8.78 Å². The Morgan fingerprint density at radius 3 is 2.56 bits per heavy atom. The van der Waals surface area contributed by atoms with Crippen molar-refractivity contribution in [3.05, 3.63) is 35.4 Å². The summed E-state index contributed by atoms with van der Waals surface area (Å²) in [4.78, 5) is 11.3. The third-order valence-electron chi connectivity index (χ3n) is 3.44. The third-order valence-corrected chi connectivity index (χ3v) is 3.44. The summed E-state index contributed by atoms with van der Waals surface area (Å²) < 4.78 is 26.0. The van der Waals surface area contributed by atoms with Crippen molar-refractivity contribution in [3.63, 3.8) is 0 Å². The Hall–Kier alpha value is -1.45. The molecule has 2 unspecified atom stereocenters. The first-order valence-corrected chi connectivity index (χ1v) is 5.18. The molecule has 0 spiro atoms. The van der Waals surface area contributed by atoms with Gasteiger partial charge in [0.2, 0.25) is 5.91 Å². The van der Waals surface area contributed by atoms with Gasteiger partial charge in [0, 0.05) is 17.9 Å². The molecule has 0 aliphatic carbocycles. The van der Waals surface area contributed by atoms with Crippen LogP contribution in [-0.4, -0.2) is 11.9 Å². The molecule has 1 saturated heterocycles. The molecule has 1 N–H and O–H groups in total. The smallest absolute Gasteiger partial charge is 0.221 e. The topological polar surface area (TPSA) is 29.1 Å². The lowest BCUT2D eigenvalue weighted by Crippen LogP contribution is -2.35. The molecule has 2 rings (SSSR count). The second kappa shape index (κ2) is 3.54. The number of rotatable bonds is 1. The minimum Gasteiger partial charge on any atom is -0.353 e. The molecular formula is C12H13F2NO. The summed E-state index contributed by atoms with van der Waals surface area (Å²) in [5.41, 5.74) is 0.184. The third kappa shape index (κ3) is 1.58. The first kappa shape index (κ1) is 11.0. The van der Waals surface area contributed by atoms with Crippen molar-refractivity contribution in [3.8, 4) is 0 Å². The van der Waals surface area contributed by atoms with Gasteiger partial charge in [0.15, 0.2) is 11.6 Å². The standard InChI is InChI=1S/C12H13F2NO/c1-7-12(2,6-11(16)15-7)8-3-4-9(13)10(14)5-8/h3-5,7H,6H2,1-2H3,(H,15,16). The van der Waals surface area contributed by atoms with E-state index < -0.39 is 17.0 Å². The molecule has 1 fully saturated rings. The molecule has 16 heavy (non-hydrogen) atoms. The number of hydrogen-bond acceptors (Lipinski definition) is 1. The van der Waals surface area contributed by atoms with E-state index in [-0.39, 0.29) is 11.9 Å². The lowest BCUT2D eigenvalue weighted by atomic mass is 9.76. The predicted octanol–water partition coefficient (Wildman–Crippen LogP) is 2.13. The van der Waals surface area contributed by atoms with Crippen molar-refractivity contribution in [1.29, 1.82) is 0 Å². The summed E-state index contributed by atoms with van der Waals surface area (Å²) in [7, 11) is 0. The van der Waals surface area contributed by atoms with Crippen LogP contribution in [0.25, 0.3) is 0 Å². The van der Waals surface area contributed by atoms with Gasteiger partial charge in [0.05, 0.1) is 0 Å². The quantitative estimate of drug-likeness (QED) is 0.779. The molecule has 1 aliphatic heterocycles. The van der Waals surface area contributed by atoms with Crippen molar-refractivity contribution >= 4 is 5.91 Å². The van der Waals surface area contributed by atoms with Gasteiger partial charge in [-0.25, -0.2) is 8.78 Å². The number of hydrogen-bond donors (Lipinski definition) is 1. The van der Waals surface area contributed by atoms with Crippen LogP contribution in [0.2, 0.25) is 0 Å². The molecular weight excluding hydrogens is 212 g/mol. The van der Waals surface area contributed by atoms with Crippen molar-refractivity contribution in [2.24, 2.45) is 0 Å². The van der Waals surface area contributed by atoms with Crippen molar-refractivity contribution in [2.75, 3.05) is 0 Å². The maximum absolute atomic E-state index is 13.1. The van der Waals surface area contributed by atoms with Crippen molar-refractivity contribution < 1.29 is 13.6 Å². The average Bonchev–Trinajstić information content (AvgIpc) is 2.46. The van der Waals surface area contributed by atoms with Crippen LogP contribution in [0.1, 0.15) is 25.8 Å². The Morgan fingerprint density at radius 1 is 1.38 bits per heavy atom. The fourth-order valence-electron chi connectivity index (χ4n) is 2.14. The highest BCUT2D eigenvalue weighted by molar-refractivity contribution is 5.81. The Kier molecular flexibility index (Phi) is 2.45. The number of benzene rings is 1.